The van der Waals surface area contributed by atoms with Gasteiger partial charge < -0.3 is 4.74 Å². The number of hydrogen-bond acceptors (Lipinski definition) is 5. The van der Waals surface area contributed by atoms with Gasteiger partial charge in [-0.3, -0.25) is 20.8 Å². The fraction of sp³-hybridized carbons (Fsp3) is 0.0667. The maximum atomic E-state index is 5.71. The van der Waals surface area contributed by atoms with E-state index in [2.05, 4.69) is 31.2 Å². The third-order valence-electron chi connectivity index (χ3n) is 2.82. The van der Waals surface area contributed by atoms with E-state index < -0.39 is 0 Å². The number of tetrazole rings is 1. The Morgan fingerprint density at radius 2 is 1.91 bits per heavy atom. The zero-order valence-corrected chi connectivity index (χ0v) is 11.6. The van der Waals surface area contributed by atoms with Crippen LogP contribution < -0.4 is 4.74 Å². The number of nitrogens with one attached hydrogen (secondary N) is 1. The molecule has 0 bridgehead atoms. The van der Waals surface area contributed by atoms with Gasteiger partial charge in [-0.05, 0) is 35.4 Å². The maximum Gasteiger partial charge on any atom is 0.119 e. The number of benzene rings is 2. The highest BCUT2D eigenvalue weighted by Gasteiger charge is 1.95. The summed E-state index contributed by atoms with van der Waals surface area (Å²) in [5.41, 5.74) is 5.82. The Kier molecular flexibility index (Phi) is 4.36. The molecule has 0 aliphatic rings. The van der Waals surface area contributed by atoms with Crippen LogP contribution in [0, 0.1) is 0 Å². The van der Waals surface area contributed by atoms with Gasteiger partial charge in [0.15, 0.2) is 0 Å². The molecule has 1 N–H and O–H groups in total. The molecular weight excluding hydrogens is 280 g/mol. The molecule has 0 spiro atoms. The van der Waals surface area contributed by atoms with Crippen molar-refractivity contribution in [2.24, 2.45) is 5.10 Å². The van der Waals surface area contributed by atoms with E-state index in [1.807, 2.05) is 54.6 Å². The van der Waals surface area contributed by atoms with E-state index in [0.717, 1.165) is 16.9 Å². The Morgan fingerprint density at radius 1 is 1.09 bits per heavy atom. The van der Waals surface area contributed by atoms with E-state index >= 15 is 0 Å². The van der Waals surface area contributed by atoms with Gasteiger partial charge in [0, 0.05) is 6.21 Å². The molecule has 22 heavy (non-hydrogen) atoms. The quantitative estimate of drug-likeness (QED) is 0.559. The van der Waals surface area contributed by atoms with Gasteiger partial charge in [0.2, 0.25) is 0 Å². The number of aromatic nitrogens is 4. The van der Waals surface area contributed by atoms with Crippen molar-refractivity contribution in [3.8, 4) is 5.75 Å². The Bertz CT molecular complexity index is 710. The summed E-state index contributed by atoms with van der Waals surface area (Å²) < 4.78 is 5.71. The van der Waals surface area contributed by atoms with Crippen LogP contribution in [-0.2, 0) is 6.61 Å². The number of H-pyrrole nitrogens is 1. The van der Waals surface area contributed by atoms with E-state index in [1.165, 1.54) is 0 Å². The molecule has 0 saturated heterocycles. The molecule has 110 valence electrons. The minimum atomic E-state index is 0.194. The van der Waals surface area contributed by atoms with Gasteiger partial charge in [-0.15, -0.1) is 5.21 Å². The largest absolute Gasteiger partial charge is 0.489 e. The first-order valence-corrected chi connectivity index (χ1v) is 6.64. The minimum Gasteiger partial charge on any atom is -0.489 e. The summed E-state index contributed by atoms with van der Waals surface area (Å²) >= 11 is 0. The van der Waals surface area contributed by atoms with Crippen molar-refractivity contribution in [3.63, 3.8) is 0 Å². The fourth-order valence-electron chi connectivity index (χ4n) is 1.74. The highest BCUT2D eigenvalue weighted by molar-refractivity contribution is 5.80. The third kappa shape index (κ3) is 3.89. The molecule has 0 amide bonds. The number of aromatic amines is 1. The summed E-state index contributed by atoms with van der Waals surface area (Å²) in [7, 11) is 0. The molecule has 0 atom stereocenters. The van der Waals surface area contributed by atoms with Crippen molar-refractivity contribution >= 4 is 12.2 Å². The second-order valence-electron chi connectivity index (χ2n) is 4.40. The topological polar surface area (TPSA) is 90.2 Å². The van der Waals surface area contributed by atoms with Crippen molar-refractivity contribution in [2.75, 3.05) is 0 Å². The number of hydrogen-bond donors (Lipinski definition) is 1. The van der Waals surface area contributed by atoms with Crippen LogP contribution in [-0.4, -0.2) is 26.8 Å². The lowest BCUT2D eigenvalue weighted by atomic mass is 10.2. The average molecular weight is 293 g/mol. The summed E-state index contributed by atoms with van der Waals surface area (Å²) in [5, 5.41) is 16.9. The van der Waals surface area contributed by atoms with Crippen LogP contribution in [0.4, 0.5) is 5.95 Å². The summed E-state index contributed by atoms with van der Waals surface area (Å²) in [4.78, 5) is 0. The van der Waals surface area contributed by atoms with Gasteiger partial charge >= 0.3 is 0 Å². The molecule has 0 aliphatic heterocycles. The van der Waals surface area contributed by atoms with E-state index in [9.17, 15) is 0 Å². The van der Waals surface area contributed by atoms with E-state index in [0.29, 0.717) is 6.61 Å². The van der Waals surface area contributed by atoms with Crippen LogP contribution in [0.15, 0.2) is 59.7 Å². The first kappa shape index (κ1) is 13.7. The van der Waals surface area contributed by atoms with Crippen LogP contribution in [0.5, 0.6) is 5.75 Å². The lowest BCUT2D eigenvalue weighted by molar-refractivity contribution is 0.306. The van der Waals surface area contributed by atoms with E-state index in [-0.39, 0.29) is 5.95 Å². The molecule has 1 aromatic heterocycles. The van der Waals surface area contributed by atoms with Crippen LogP contribution in [0.1, 0.15) is 11.1 Å². The zero-order valence-electron chi connectivity index (χ0n) is 11.6. The Hall–Kier alpha value is -3.22. The number of ether oxygens (including phenoxy) is 1. The van der Waals surface area contributed by atoms with Gasteiger partial charge in [-0.25, -0.2) is 5.10 Å². The summed E-state index contributed by atoms with van der Waals surface area (Å²) in [6.07, 6.45) is 1.61. The Morgan fingerprint density at radius 3 is 2.64 bits per heavy atom. The molecule has 2 aromatic carbocycles. The van der Waals surface area contributed by atoms with Crippen LogP contribution in [0.2, 0.25) is 0 Å². The average Bonchev–Trinajstić information content (AvgIpc) is 3.08. The lowest BCUT2D eigenvalue weighted by Crippen LogP contribution is -1.94. The van der Waals surface area contributed by atoms with Crippen molar-refractivity contribution in [3.05, 3.63) is 71.1 Å². The maximum absolute atomic E-state index is 5.71. The summed E-state index contributed by atoms with van der Waals surface area (Å²) in [6.45, 7) is 0.543. The van der Waals surface area contributed by atoms with Gasteiger partial charge in [-0.2, -0.15) is 0 Å². The molecule has 0 fully saturated rings. The molecule has 0 unspecified atom stereocenters. The molecule has 3 rings (SSSR count). The van der Waals surface area contributed by atoms with Gasteiger partial charge in [-0.1, -0.05) is 30.3 Å². The monoisotopic (exact) mass is 293 g/mol. The normalized spacial score (nSPS) is 10.7. The van der Waals surface area contributed by atoms with Gasteiger partial charge in [0.25, 0.3) is 0 Å². The highest BCUT2D eigenvalue weighted by Crippen LogP contribution is 2.14. The van der Waals surface area contributed by atoms with Crippen LogP contribution >= 0.6 is 0 Å². The standard InChI is InChI=1S/C15H13N6O/c1-2-4-13(5-3-1)11-22-14-8-6-12(7-9-14)10-16-17-15-18-20-21-19-15/h1-10H,11H2,(H-,17,18,19,20,21)/q-1. The smallest absolute Gasteiger partial charge is 0.119 e. The van der Waals surface area contributed by atoms with Crippen molar-refractivity contribution in [1.82, 2.24) is 20.6 Å². The van der Waals surface area contributed by atoms with Crippen LogP contribution in [0.3, 0.4) is 0 Å². The summed E-state index contributed by atoms with van der Waals surface area (Å²) in [6, 6.07) is 17.6. The van der Waals surface area contributed by atoms with Crippen molar-refractivity contribution < 1.29 is 4.74 Å². The van der Waals surface area contributed by atoms with Gasteiger partial charge in [0.1, 0.15) is 12.4 Å². The molecule has 0 saturated carbocycles. The van der Waals surface area contributed by atoms with Crippen molar-refractivity contribution in [1.29, 1.82) is 0 Å². The fourth-order valence-corrected chi connectivity index (χ4v) is 1.74. The second kappa shape index (κ2) is 6.98. The van der Waals surface area contributed by atoms with E-state index in [4.69, 9.17) is 4.74 Å². The Labute approximate surface area is 127 Å². The molecular formula is C15H13N6O-. The van der Waals surface area contributed by atoms with Gasteiger partial charge in [0.05, 0.1) is 5.95 Å². The lowest BCUT2D eigenvalue weighted by Gasteiger charge is -2.06. The molecule has 0 aliphatic carbocycles. The highest BCUT2D eigenvalue weighted by atomic mass is 16.5. The molecule has 7 heteroatoms. The number of rotatable bonds is 6. The molecule has 3 aromatic rings. The molecule has 1 heterocycles. The second-order valence-corrected chi connectivity index (χ2v) is 4.40. The molecule has 7 nitrogen and oxygen atoms in total. The Balaban J connectivity index is 1.52. The van der Waals surface area contributed by atoms with Crippen LogP contribution in [0.25, 0.3) is 5.43 Å². The first-order valence-electron chi connectivity index (χ1n) is 6.64. The number of nitrogens with zero attached hydrogens (tertiary/aromatic N) is 5. The SMILES string of the molecule is C(=N[N-]c1nn[nH]n1)c1ccc(OCc2ccccc2)cc1. The zero-order chi connectivity index (χ0) is 15.0. The predicted molar refractivity (Wildman–Crippen MR) is 82.0 cm³/mol. The minimum absolute atomic E-state index is 0.194. The first-order chi connectivity index (χ1) is 10.9. The third-order valence-corrected chi connectivity index (χ3v) is 2.82. The van der Waals surface area contributed by atoms with Crippen molar-refractivity contribution in [2.45, 2.75) is 6.61 Å². The molecule has 0 radical (unpaired) electrons. The summed E-state index contributed by atoms with van der Waals surface area (Å²) in [5.74, 6) is 0.996. The van der Waals surface area contributed by atoms with E-state index in [1.54, 1.807) is 6.21 Å². The predicted octanol–water partition coefficient (Wildman–Crippen LogP) is 2.82.